The minimum Gasteiger partial charge on any atom is -0.374 e. The Morgan fingerprint density at radius 3 is 2.80 bits per heavy atom. The standard InChI is InChI=1S/C14H23N5S/c1-18-8-5-10(6-9-18)12-11-4-2-3-7-16-13(11)19(17-12)14(15)20/h10,16H,2-9H2,1H3,(H2,15,20). The first kappa shape index (κ1) is 13.8. The van der Waals surface area contributed by atoms with Gasteiger partial charge in [0.15, 0.2) is 5.11 Å². The number of hydrogen-bond donors (Lipinski definition) is 2. The molecule has 3 rings (SSSR count). The molecule has 110 valence electrons. The van der Waals surface area contributed by atoms with Crippen molar-refractivity contribution in [1.29, 1.82) is 0 Å². The Balaban J connectivity index is 1.96. The largest absolute Gasteiger partial charge is 0.374 e. The van der Waals surface area contributed by atoms with Crippen LogP contribution in [-0.4, -0.2) is 46.5 Å². The highest BCUT2D eigenvalue weighted by atomic mass is 32.1. The maximum Gasteiger partial charge on any atom is 0.193 e. The minimum atomic E-state index is 0.342. The lowest BCUT2D eigenvalue weighted by Crippen LogP contribution is -2.30. The van der Waals surface area contributed by atoms with Crippen LogP contribution in [0, 0.1) is 0 Å². The molecule has 0 aliphatic carbocycles. The minimum absolute atomic E-state index is 0.342. The van der Waals surface area contributed by atoms with Crippen molar-refractivity contribution in [3.63, 3.8) is 0 Å². The predicted octanol–water partition coefficient (Wildman–Crippen LogP) is 1.53. The van der Waals surface area contributed by atoms with E-state index in [2.05, 4.69) is 17.3 Å². The lowest BCUT2D eigenvalue weighted by atomic mass is 9.90. The van der Waals surface area contributed by atoms with Gasteiger partial charge >= 0.3 is 0 Å². The van der Waals surface area contributed by atoms with E-state index in [0.717, 1.165) is 31.9 Å². The molecule has 2 aliphatic heterocycles. The summed E-state index contributed by atoms with van der Waals surface area (Å²) in [6.45, 7) is 3.27. The molecule has 3 N–H and O–H groups in total. The van der Waals surface area contributed by atoms with Crippen molar-refractivity contribution in [2.24, 2.45) is 5.73 Å². The summed E-state index contributed by atoms with van der Waals surface area (Å²) in [6.07, 6.45) is 5.85. The topological polar surface area (TPSA) is 59.1 Å². The lowest BCUT2D eigenvalue weighted by molar-refractivity contribution is 0.252. The summed E-state index contributed by atoms with van der Waals surface area (Å²) in [6, 6.07) is 0. The van der Waals surface area contributed by atoms with Crippen LogP contribution in [0.15, 0.2) is 0 Å². The number of piperidine rings is 1. The third-order valence-electron chi connectivity index (χ3n) is 4.47. The van der Waals surface area contributed by atoms with Gasteiger partial charge in [-0.3, -0.25) is 0 Å². The van der Waals surface area contributed by atoms with E-state index in [4.69, 9.17) is 23.1 Å². The van der Waals surface area contributed by atoms with Gasteiger partial charge in [-0.05, 0) is 64.5 Å². The average Bonchev–Trinajstić information content (AvgIpc) is 2.63. The van der Waals surface area contributed by atoms with Crippen LogP contribution >= 0.6 is 12.2 Å². The summed E-state index contributed by atoms with van der Waals surface area (Å²) in [7, 11) is 2.19. The molecule has 0 spiro atoms. The Morgan fingerprint density at radius 2 is 2.10 bits per heavy atom. The maximum absolute atomic E-state index is 5.84. The molecular formula is C14H23N5S. The highest BCUT2D eigenvalue weighted by molar-refractivity contribution is 7.80. The number of nitrogens with one attached hydrogen (secondary N) is 1. The average molecular weight is 293 g/mol. The first-order chi connectivity index (χ1) is 9.66. The van der Waals surface area contributed by atoms with Crippen LogP contribution in [0.3, 0.4) is 0 Å². The summed E-state index contributed by atoms with van der Waals surface area (Å²) in [5.41, 5.74) is 8.42. The van der Waals surface area contributed by atoms with Crippen LogP contribution in [0.4, 0.5) is 5.82 Å². The zero-order valence-electron chi connectivity index (χ0n) is 12.1. The van der Waals surface area contributed by atoms with Crippen LogP contribution in [0.25, 0.3) is 0 Å². The highest BCUT2D eigenvalue weighted by Crippen LogP contribution is 2.34. The van der Waals surface area contributed by atoms with Crippen LogP contribution in [0.1, 0.15) is 42.9 Å². The highest BCUT2D eigenvalue weighted by Gasteiger charge is 2.28. The second-order valence-corrected chi connectivity index (χ2v) is 6.34. The van der Waals surface area contributed by atoms with Crippen molar-refractivity contribution in [2.45, 2.75) is 38.0 Å². The fraction of sp³-hybridized carbons (Fsp3) is 0.714. The molecule has 1 saturated heterocycles. The van der Waals surface area contributed by atoms with E-state index in [1.807, 2.05) is 0 Å². The molecule has 1 fully saturated rings. The van der Waals surface area contributed by atoms with E-state index >= 15 is 0 Å². The number of thiocarbonyl (C=S) groups is 1. The second kappa shape index (κ2) is 5.69. The van der Waals surface area contributed by atoms with Crippen molar-refractivity contribution in [1.82, 2.24) is 14.7 Å². The molecule has 5 nitrogen and oxygen atoms in total. The van der Waals surface area contributed by atoms with Gasteiger partial charge in [-0.25, -0.2) is 0 Å². The molecule has 3 heterocycles. The Kier molecular flexibility index (Phi) is 3.94. The number of fused-ring (bicyclic) bond motifs is 1. The van der Waals surface area contributed by atoms with Crippen molar-refractivity contribution in [3.05, 3.63) is 11.3 Å². The second-order valence-electron chi connectivity index (χ2n) is 5.92. The molecule has 0 amide bonds. The summed E-state index contributed by atoms with van der Waals surface area (Å²) in [4.78, 5) is 2.39. The predicted molar refractivity (Wildman–Crippen MR) is 85.3 cm³/mol. The summed E-state index contributed by atoms with van der Waals surface area (Å²) >= 11 is 5.16. The van der Waals surface area contributed by atoms with Crippen LogP contribution < -0.4 is 11.1 Å². The van der Waals surface area contributed by atoms with Gasteiger partial charge in [-0.1, -0.05) is 0 Å². The number of likely N-dealkylation sites (tertiary alicyclic amines) is 1. The molecule has 0 saturated carbocycles. The molecule has 6 heteroatoms. The Hall–Kier alpha value is -1.14. The third kappa shape index (κ3) is 2.54. The van der Waals surface area contributed by atoms with Gasteiger partial charge in [0.25, 0.3) is 0 Å². The molecule has 1 aromatic rings. The van der Waals surface area contributed by atoms with Crippen LogP contribution in [-0.2, 0) is 6.42 Å². The van der Waals surface area contributed by atoms with Crippen molar-refractivity contribution >= 4 is 23.1 Å². The molecule has 0 aromatic carbocycles. The Morgan fingerprint density at radius 1 is 1.35 bits per heavy atom. The molecule has 20 heavy (non-hydrogen) atoms. The van der Waals surface area contributed by atoms with Crippen molar-refractivity contribution in [2.75, 3.05) is 32.0 Å². The van der Waals surface area contributed by atoms with E-state index < -0.39 is 0 Å². The van der Waals surface area contributed by atoms with E-state index in [0.29, 0.717) is 11.0 Å². The fourth-order valence-electron chi connectivity index (χ4n) is 3.30. The summed E-state index contributed by atoms with van der Waals surface area (Å²) < 4.78 is 1.74. The molecule has 0 atom stereocenters. The molecule has 0 unspecified atom stereocenters. The maximum atomic E-state index is 5.84. The van der Waals surface area contributed by atoms with E-state index in [-0.39, 0.29) is 0 Å². The number of rotatable bonds is 1. The zero-order chi connectivity index (χ0) is 14.1. The van der Waals surface area contributed by atoms with Gasteiger partial charge in [0, 0.05) is 18.0 Å². The van der Waals surface area contributed by atoms with Gasteiger partial charge in [0.2, 0.25) is 0 Å². The smallest absolute Gasteiger partial charge is 0.193 e. The van der Waals surface area contributed by atoms with Gasteiger partial charge in [-0.15, -0.1) is 0 Å². The number of nitrogens with two attached hydrogens (primary N) is 1. The van der Waals surface area contributed by atoms with E-state index in [1.54, 1.807) is 4.68 Å². The van der Waals surface area contributed by atoms with Gasteiger partial charge in [0.05, 0.1) is 5.69 Å². The quantitative estimate of drug-likeness (QED) is 0.769. The molecule has 2 aliphatic rings. The number of hydrogen-bond acceptors (Lipinski definition) is 4. The van der Waals surface area contributed by atoms with Crippen molar-refractivity contribution in [3.8, 4) is 0 Å². The van der Waals surface area contributed by atoms with Crippen LogP contribution in [0.5, 0.6) is 0 Å². The number of nitrogens with zero attached hydrogens (tertiary/aromatic N) is 3. The van der Waals surface area contributed by atoms with Crippen molar-refractivity contribution < 1.29 is 0 Å². The van der Waals surface area contributed by atoms with E-state index in [9.17, 15) is 0 Å². The monoisotopic (exact) mass is 293 g/mol. The normalized spacial score (nSPS) is 21.1. The Bertz CT molecular complexity index is 502. The van der Waals surface area contributed by atoms with Gasteiger partial charge < -0.3 is 16.0 Å². The SMILES string of the molecule is CN1CCC(c2nn(C(N)=S)c3c2CCCCN3)CC1. The summed E-state index contributed by atoms with van der Waals surface area (Å²) in [5.74, 6) is 1.60. The molecule has 1 aromatic heterocycles. The summed E-state index contributed by atoms with van der Waals surface area (Å²) in [5, 5.41) is 8.56. The first-order valence-corrected chi connectivity index (χ1v) is 7.91. The van der Waals surface area contributed by atoms with Gasteiger partial charge in [0.1, 0.15) is 5.82 Å². The van der Waals surface area contributed by atoms with Crippen LogP contribution in [0.2, 0.25) is 0 Å². The lowest BCUT2D eigenvalue weighted by Gasteiger charge is -2.28. The third-order valence-corrected chi connectivity index (χ3v) is 4.65. The molecular weight excluding hydrogens is 270 g/mol. The first-order valence-electron chi connectivity index (χ1n) is 7.51. The number of aromatic nitrogens is 2. The zero-order valence-corrected chi connectivity index (χ0v) is 12.9. The fourth-order valence-corrected chi connectivity index (χ4v) is 3.43. The number of anilines is 1. The molecule has 0 radical (unpaired) electrons. The van der Waals surface area contributed by atoms with E-state index in [1.165, 1.54) is 36.9 Å². The molecule has 0 bridgehead atoms. The Labute approximate surface area is 125 Å². The van der Waals surface area contributed by atoms with Gasteiger partial charge in [-0.2, -0.15) is 9.78 Å².